The predicted octanol–water partition coefficient (Wildman–Crippen LogP) is 4.48. The minimum atomic E-state index is -0.818. The molecule has 37 heavy (non-hydrogen) atoms. The maximum Gasteiger partial charge on any atom is 0.437 e. The van der Waals surface area contributed by atoms with E-state index in [1.165, 1.54) is 6.07 Å². The van der Waals surface area contributed by atoms with E-state index in [9.17, 15) is 14.9 Å². The van der Waals surface area contributed by atoms with Gasteiger partial charge in [0.1, 0.15) is 29.6 Å². The molecule has 0 saturated carbocycles. The summed E-state index contributed by atoms with van der Waals surface area (Å²) in [6.07, 6.45) is 1.62. The highest BCUT2D eigenvalue weighted by atomic mass is 35.5. The van der Waals surface area contributed by atoms with Gasteiger partial charge in [0.2, 0.25) is 11.8 Å². The summed E-state index contributed by atoms with van der Waals surface area (Å²) in [6.45, 7) is 1.92. The van der Waals surface area contributed by atoms with E-state index in [1.54, 1.807) is 18.5 Å². The molecule has 0 unspecified atom stereocenters. The Hall–Kier alpha value is -4.88. The molecular formula is C26H19ClN6O4. The van der Waals surface area contributed by atoms with Gasteiger partial charge in [0.25, 0.3) is 5.89 Å². The lowest BCUT2D eigenvalue weighted by Crippen LogP contribution is -2.26. The van der Waals surface area contributed by atoms with Crippen LogP contribution < -0.4 is 11.1 Å². The monoisotopic (exact) mass is 514 g/mol. The van der Waals surface area contributed by atoms with Crippen molar-refractivity contribution in [2.75, 3.05) is 5.32 Å². The highest BCUT2D eigenvalue weighted by Gasteiger charge is 2.20. The molecular weight excluding hydrogens is 496 g/mol. The Morgan fingerprint density at radius 1 is 1.14 bits per heavy atom. The molecule has 1 amide bonds. The minimum Gasteiger partial charge on any atom is -0.439 e. The molecule has 5 aromatic rings. The van der Waals surface area contributed by atoms with Gasteiger partial charge >= 0.3 is 5.76 Å². The number of benzene rings is 2. The van der Waals surface area contributed by atoms with Crippen molar-refractivity contribution in [3.05, 3.63) is 99.4 Å². The van der Waals surface area contributed by atoms with E-state index in [1.807, 2.05) is 60.0 Å². The largest absolute Gasteiger partial charge is 0.439 e. The number of carbonyl (C=O) groups excluding carboxylic acids is 1. The smallest absolute Gasteiger partial charge is 0.437 e. The van der Waals surface area contributed by atoms with Crippen molar-refractivity contribution in [2.24, 2.45) is 0 Å². The van der Waals surface area contributed by atoms with E-state index in [0.29, 0.717) is 23.0 Å². The highest BCUT2D eigenvalue weighted by molar-refractivity contribution is 6.30. The van der Waals surface area contributed by atoms with E-state index in [2.05, 4.69) is 15.4 Å². The zero-order valence-electron chi connectivity index (χ0n) is 19.5. The summed E-state index contributed by atoms with van der Waals surface area (Å²) < 4.78 is 13.7. The third-order valence-electron chi connectivity index (χ3n) is 5.63. The molecule has 0 radical (unpaired) electrons. The summed E-state index contributed by atoms with van der Waals surface area (Å²) in [7, 11) is 0. The summed E-state index contributed by atoms with van der Waals surface area (Å²) in [5.74, 6) is -1.02. The first-order chi connectivity index (χ1) is 17.9. The molecule has 3 aromatic heterocycles. The van der Waals surface area contributed by atoms with Crippen molar-refractivity contribution < 1.29 is 13.6 Å². The second kappa shape index (κ2) is 10.0. The number of nitrogens with zero attached hydrogens (tertiary/aromatic N) is 5. The fourth-order valence-corrected chi connectivity index (χ4v) is 3.84. The zero-order valence-corrected chi connectivity index (χ0v) is 20.3. The van der Waals surface area contributed by atoms with Crippen LogP contribution in [0.3, 0.4) is 0 Å². The first-order valence-corrected chi connectivity index (χ1v) is 11.5. The van der Waals surface area contributed by atoms with Crippen molar-refractivity contribution in [3.63, 3.8) is 0 Å². The molecule has 0 fully saturated rings. The van der Waals surface area contributed by atoms with E-state index in [0.717, 1.165) is 21.5 Å². The van der Waals surface area contributed by atoms with Gasteiger partial charge in [0.15, 0.2) is 0 Å². The first-order valence-electron chi connectivity index (χ1n) is 11.1. The topological polar surface area (TPSA) is 132 Å². The zero-order chi connectivity index (χ0) is 25.9. The van der Waals surface area contributed by atoms with Crippen molar-refractivity contribution in [1.82, 2.24) is 19.3 Å². The number of hydrogen-bond donors (Lipinski definition) is 1. The SMILES string of the molecule is Cc1c(-c2nn(CC(=O)Nc3oc(-c4ccccc4)cc3C#N)c(=O)o2)ncn1Cc1ccc(Cl)cc1. The number of nitrogens with one attached hydrogen (secondary N) is 1. The van der Waals surface area contributed by atoms with Gasteiger partial charge in [0.05, 0.1) is 6.33 Å². The minimum absolute atomic E-state index is 0.00719. The van der Waals surface area contributed by atoms with Gasteiger partial charge in [-0.15, -0.1) is 5.10 Å². The van der Waals surface area contributed by atoms with E-state index in [-0.39, 0.29) is 17.3 Å². The molecule has 0 atom stereocenters. The molecule has 0 aliphatic heterocycles. The number of anilines is 1. The molecule has 5 rings (SSSR count). The summed E-state index contributed by atoms with van der Waals surface area (Å²) in [4.78, 5) is 29.4. The number of carbonyl (C=O) groups is 1. The number of amides is 1. The Kier molecular flexibility index (Phi) is 6.45. The van der Waals surface area contributed by atoms with Crippen LogP contribution in [-0.2, 0) is 17.9 Å². The van der Waals surface area contributed by atoms with Crippen LogP contribution in [0.15, 0.2) is 80.6 Å². The average Bonchev–Trinajstić information content (AvgIpc) is 3.58. The molecule has 2 aromatic carbocycles. The van der Waals surface area contributed by atoms with Crippen LogP contribution in [0.1, 0.15) is 16.8 Å². The highest BCUT2D eigenvalue weighted by Crippen LogP contribution is 2.28. The molecule has 11 heteroatoms. The van der Waals surface area contributed by atoms with Crippen molar-refractivity contribution in [2.45, 2.75) is 20.0 Å². The molecule has 184 valence electrons. The number of furan rings is 1. The second-order valence-corrected chi connectivity index (χ2v) is 8.58. The number of hydrogen-bond acceptors (Lipinski definition) is 7. The normalized spacial score (nSPS) is 10.8. The van der Waals surface area contributed by atoms with Crippen molar-refractivity contribution in [3.8, 4) is 29.0 Å². The van der Waals surface area contributed by atoms with E-state index in [4.69, 9.17) is 20.4 Å². The fourth-order valence-electron chi connectivity index (χ4n) is 3.72. The Labute approximate surface area is 215 Å². The summed E-state index contributed by atoms with van der Waals surface area (Å²) in [5.41, 5.74) is 3.04. The molecule has 10 nitrogen and oxygen atoms in total. The van der Waals surface area contributed by atoms with Gasteiger partial charge in [-0.3, -0.25) is 10.1 Å². The quantitative estimate of drug-likeness (QED) is 0.338. The summed E-state index contributed by atoms with van der Waals surface area (Å²) in [6, 6.07) is 20.1. The standard InChI is InChI=1S/C26H19ClN6O4/c1-16-23(29-15-32(16)13-17-7-9-20(27)10-8-17)25-31-33(26(35)37-25)14-22(34)30-24-19(12-28)11-21(36-24)18-5-3-2-4-6-18/h2-11,15H,13-14H2,1H3,(H,30,34). The maximum atomic E-state index is 12.6. The molecule has 1 N–H and O–H groups in total. The number of imidazole rings is 1. The first kappa shape index (κ1) is 23.8. The van der Waals surface area contributed by atoms with Crippen LogP contribution in [0, 0.1) is 18.3 Å². The van der Waals surface area contributed by atoms with Crippen LogP contribution in [0.25, 0.3) is 22.9 Å². The van der Waals surface area contributed by atoms with Gasteiger partial charge in [-0.25, -0.2) is 9.78 Å². The molecule has 0 saturated heterocycles. The third-order valence-corrected chi connectivity index (χ3v) is 5.88. The van der Waals surface area contributed by atoms with Gasteiger partial charge in [-0.2, -0.15) is 9.94 Å². The Balaban J connectivity index is 1.31. The van der Waals surface area contributed by atoms with Crippen molar-refractivity contribution in [1.29, 1.82) is 5.26 Å². The molecule has 0 spiro atoms. The van der Waals surface area contributed by atoms with E-state index < -0.39 is 18.2 Å². The lowest BCUT2D eigenvalue weighted by atomic mass is 10.1. The Morgan fingerprint density at radius 2 is 1.89 bits per heavy atom. The Morgan fingerprint density at radius 3 is 2.62 bits per heavy atom. The van der Waals surface area contributed by atoms with Gasteiger partial charge in [-0.1, -0.05) is 54.1 Å². The van der Waals surface area contributed by atoms with Gasteiger partial charge in [0, 0.05) is 28.9 Å². The summed E-state index contributed by atoms with van der Waals surface area (Å²) in [5, 5.41) is 16.7. The van der Waals surface area contributed by atoms with Crippen LogP contribution in [-0.4, -0.2) is 25.2 Å². The van der Waals surface area contributed by atoms with Crippen LogP contribution >= 0.6 is 11.6 Å². The lowest BCUT2D eigenvalue weighted by molar-refractivity contribution is -0.117. The molecule has 3 heterocycles. The number of rotatable bonds is 7. The van der Waals surface area contributed by atoms with Crippen LogP contribution in [0.4, 0.5) is 5.88 Å². The second-order valence-electron chi connectivity index (χ2n) is 8.14. The Bertz CT molecular complexity index is 1670. The maximum absolute atomic E-state index is 12.6. The summed E-state index contributed by atoms with van der Waals surface area (Å²) >= 11 is 5.95. The number of aromatic nitrogens is 4. The fraction of sp³-hybridized carbons (Fsp3) is 0.115. The van der Waals surface area contributed by atoms with E-state index >= 15 is 0 Å². The molecule has 0 bridgehead atoms. The third kappa shape index (κ3) is 5.07. The lowest BCUT2D eigenvalue weighted by Gasteiger charge is -2.05. The van der Waals surface area contributed by atoms with Gasteiger partial charge < -0.3 is 13.4 Å². The number of halogens is 1. The molecule has 0 aliphatic rings. The van der Waals surface area contributed by atoms with Crippen molar-refractivity contribution >= 4 is 23.4 Å². The van der Waals surface area contributed by atoms with Crippen LogP contribution in [0.5, 0.6) is 0 Å². The number of nitriles is 1. The van der Waals surface area contributed by atoms with Crippen LogP contribution in [0.2, 0.25) is 5.02 Å². The molecule has 0 aliphatic carbocycles. The average molecular weight is 515 g/mol. The predicted molar refractivity (Wildman–Crippen MR) is 135 cm³/mol. The van der Waals surface area contributed by atoms with Gasteiger partial charge in [-0.05, 0) is 24.6 Å².